The van der Waals surface area contributed by atoms with Crippen molar-refractivity contribution in [1.29, 1.82) is 21.0 Å². The molecule has 0 unspecified atom stereocenters. The average Bonchev–Trinajstić information content (AvgIpc) is 2.91. The fourth-order valence-electron chi connectivity index (χ4n) is 4.81. The van der Waals surface area contributed by atoms with Gasteiger partial charge in [0.1, 0.15) is 24.3 Å². The number of nitrogens with zero attached hydrogens (tertiary/aromatic N) is 6. The molecule has 6 heteroatoms. The highest BCUT2D eigenvalue weighted by molar-refractivity contribution is 6.38. The van der Waals surface area contributed by atoms with Gasteiger partial charge in [-0.15, -0.1) is 0 Å². The Morgan fingerprint density at radius 3 is 1.47 bits per heavy atom. The van der Waals surface area contributed by atoms with E-state index in [-0.39, 0.29) is 22.5 Å². The standard InChI is InChI=1S/C28H10N6/c29-11-15-9-21-22(10-16(15)12-30)27-28(34-24(14-32)23(13-31)33-27)26-20-8-4-2-6-18(20)17-5-1-3-7-19(17)25(21)26/h1-10H. The predicted molar refractivity (Wildman–Crippen MR) is 128 cm³/mol. The maximum atomic E-state index is 9.72. The Kier molecular flexibility index (Phi) is 3.93. The monoisotopic (exact) mass is 430 g/mol. The average molecular weight is 430 g/mol. The lowest BCUT2D eigenvalue weighted by molar-refractivity contribution is 1.21. The van der Waals surface area contributed by atoms with Gasteiger partial charge in [-0.25, -0.2) is 9.97 Å². The van der Waals surface area contributed by atoms with Crippen molar-refractivity contribution < 1.29 is 0 Å². The second-order valence-electron chi connectivity index (χ2n) is 7.85. The molecule has 152 valence electrons. The lowest BCUT2D eigenvalue weighted by Crippen LogP contribution is -1.99. The summed E-state index contributed by atoms with van der Waals surface area (Å²) in [4.78, 5) is 9.13. The van der Waals surface area contributed by atoms with Crippen molar-refractivity contribution in [2.45, 2.75) is 0 Å². The third kappa shape index (κ3) is 2.40. The van der Waals surface area contributed by atoms with E-state index >= 15 is 0 Å². The smallest absolute Gasteiger partial charge is 0.177 e. The Morgan fingerprint density at radius 2 is 0.941 bits per heavy atom. The van der Waals surface area contributed by atoms with Crippen LogP contribution < -0.4 is 0 Å². The van der Waals surface area contributed by atoms with E-state index in [1.807, 2.05) is 60.7 Å². The van der Waals surface area contributed by atoms with E-state index in [1.54, 1.807) is 12.1 Å². The molecule has 6 rings (SSSR count). The minimum Gasteiger partial charge on any atom is -0.232 e. The molecule has 6 nitrogen and oxygen atoms in total. The van der Waals surface area contributed by atoms with Crippen molar-refractivity contribution in [3.05, 3.63) is 83.2 Å². The topological polar surface area (TPSA) is 121 Å². The summed E-state index contributed by atoms with van der Waals surface area (Å²) in [5.74, 6) is 0. The first-order chi connectivity index (χ1) is 16.7. The van der Waals surface area contributed by atoms with Crippen LogP contribution in [0.25, 0.3) is 54.1 Å². The highest BCUT2D eigenvalue weighted by Crippen LogP contribution is 2.43. The Hall–Kier alpha value is -5.56. The molecule has 1 heterocycles. The van der Waals surface area contributed by atoms with E-state index in [0.29, 0.717) is 16.4 Å². The highest BCUT2D eigenvalue weighted by atomic mass is 14.8. The summed E-state index contributed by atoms with van der Waals surface area (Å²) in [5.41, 5.74) is 1.24. The summed E-state index contributed by atoms with van der Waals surface area (Å²) in [5, 5.41) is 45.6. The summed E-state index contributed by atoms with van der Waals surface area (Å²) in [6.07, 6.45) is 0. The number of nitriles is 4. The molecular weight excluding hydrogens is 420 g/mol. The zero-order chi connectivity index (χ0) is 23.4. The Morgan fingerprint density at radius 1 is 0.471 bits per heavy atom. The van der Waals surface area contributed by atoms with Crippen molar-refractivity contribution >= 4 is 54.1 Å². The largest absolute Gasteiger partial charge is 0.232 e. The fraction of sp³-hybridized carbons (Fsp3) is 0. The van der Waals surface area contributed by atoms with Crippen LogP contribution in [0.5, 0.6) is 0 Å². The van der Waals surface area contributed by atoms with Gasteiger partial charge in [-0.2, -0.15) is 21.0 Å². The molecular formula is C28H10N6. The first-order valence-electron chi connectivity index (χ1n) is 10.3. The van der Waals surface area contributed by atoms with Gasteiger partial charge in [-0.05, 0) is 39.1 Å². The van der Waals surface area contributed by atoms with Crippen LogP contribution >= 0.6 is 0 Å². The van der Waals surface area contributed by atoms with E-state index in [4.69, 9.17) is 0 Å². The third-order valence-corrected chi connectivity index (χ3v) is 6.20. The SMILES string of the molecule is N#Cc1cc2c(cc1C#N)c1c3ccccc3c3ccccc3c1c1nc(C#N)c(C#N)nc21. The lowest BCUT2D eigenvalue weighted by Gasteiger charge is -2.16. The number of benzene rings is 5. The van der Waals surface area contributed by atoms with Crippen molar-refractivity contribution in [1.82, 2.24) is 9.97 Å². The molecule has 0 radical (unpaired) electrons. The quantitative estimate of drug-likeness (QED) is 0.284. The molecule has 0 N–H and O–H groups in total. The minimum absolute atomic E-state index is 0.0537. The van der Waals surface area contributed by atoms with E-state index in [0.717, 1.165) is 37.7 Å². The highest BCUT2D eigenvalue weighted by Gasteiger charge is 2.21. The molecule has 5 aromatic carbocycles. The summed E-state index contributed by atoms with van der Waals surface area (Å²) in [6.45, 7) is 0. The van der Waals surface area contributed by atoms with E-state index in [2.05, 4.69) is 22.1 Å². The first kappa shape index (κ1) is 19.1. The van der Waals surface area contributed by atoms with Gasteiger partial charge >= 0.3 is 0 Å². The number of fused-ring (bicyclic) bond motifs is 11. The molecule has 0 atom stereocenters. The van der Waals surface area contributed by atoms with Crippen molar-refractivity contribution in [3.63, 3.8) is 0 Å². The van der Waals surface area contributed by atoms with E-state index in [9.17, 15) is 21.0 Å². The second kappa shape index (κ2) is 6.98. The van der Waals surface area contributed by atoms with Gasteiger partial charge in [0.05, 0.1) is 22.2 Å². The van der Waals surface area contributed by atoms with Crippen LogP contribution in [0, 0.1) is 45.3 Å². The van der Waals surface area contributed by atoms with Crippen molar-refractivity contribution in [3.8, 4) is 24.3 Å². The molecule has 34 heavy (non-hydrogen) atoms. The molecule has 0 aliphatic heterocycles. The predicted octanol–water partition coefficient (Wildman–Crippen LogP) is 5.73. The van der Waals surface area contributed by atoms with Crippen molar-refractivity contribution in [2.24, 2.45) is 0 Å². The molecule has 0 saturated heterocycles. The number of hydrogen-bond acceptors (Lipinski definition) is 6. The molecule has 0 fully saturated rings. The van der Waals surface area contributed by atoms with E-state index < -0.39 is 0 Å². The summed E-state index contributed by atoms with van der Waals surface area (Å²) < 4.78 is 0. The van der Waals surface area contributed by atoms with Gasteiger partial charge < -0.3 is 0 Å². The van der Waals surface area contributed by atoms with Gasteiger partial charge in [-0.3, -0.25) is 0 Å². The molecule has 0 saturated carbocycles. The van der Waals surface area contributed by atoms with Crippen LogP contribution in [0.3, 0.4) is 0 Å². The van der Waals surface area contributed by atoms with Crippen LogP contribution in [0.1, 0.15) is 22.5 Å². The van der Waals surface area contributed by atoms with Crippen molar-refractivity contribution in [2.75, 3.05) is 0 Å². The molecule has 0 amide bonds. The zero-order valence-corrected chi connectivity index (χ0v) is 17.5. The number of aromatic nitrogens is 2. The van der Waals surface area contributed by atoms with Crippen LogP contribution in [-0.2, 0) is 0 Å². The Bertz CT molecular complexity index is 1910. The molecule has 0 aliphatic carbocycles. The fourth-order valence-corrected chi connectivity index (χ4v) is 4.81. The molecule has 0 spiro atoms. The molecule has 0 aliphatic rings. The summed E-state index contributed by atoms with van der Waals surface area (Å²) >= 11 is 0. The molecule has 6 aromatic rings. The first-order valence-corrected chi connectivity index (χ1v) is 10.3. The Balaban J connectivity index is 2.09. The maximum absolute atomic E-state index is 9.72. The number of rotatable bonds is 0. The summed E-state index contributed by atoms with van der Waals surface area (Å²) in [6, 6.07) is 27.4. The van der Waals surface area contributed by atoms with Gasteiger partial charge in [0.2, 0.25) is 0 Å². The normalized spacial score (nSPS) is 10.8. The minimum atomic E-state index is -0.0800. The van der Waals surface area contributed by atoms with Crippen LogP contribution in [0.2, 0.25) is 0 Å². The molecule has 1 aromatic heterocycles. The van der Waals surface area contributed by atoms with Gasteiger partial charge in [-0.1, -0.05) is 48.5 Å². The van der Waals surface area contributed by atoms with Crippen LogP contribution in [-0.4, -0.2) is 9.97 Å². The van der Waals surface area contributed by atoms with Gasteiger partial charge in [0.15, 0.2) is 11.4 Å². The van der Waals surface area contributed by atoms with Gasteiger partial charge in [0.25, 0.3) is 0 Å². The molecule has 0 bridgehead atoms. The second-order valence-corrected chi connectivity index (χ2v) is 7.85. The Labute approximate surface area is 192 Å². The van der Waals surface area contributed by atoms with Crippen LogP contribution in [0.15, 0.2) is 60.7 Å². The maximum Gasteiger partial charge on any atom is 0.177 e. The third-order valence-electron chi connectivity index (χ3n) is 6.20. The van der Waals surface area contributed by atoms with Crippen LogP contribution in [0.4, 0.5) is 0 Å². The van der Waals surface area contributed by atoms with Gasteiger partial charge in [0, 0.05) is 16.2 Å². The zero-order valence-electron chi connectivity index (χ0n) is 17.5. The summed E-state index contributed by atoms with van der Waals surface area (Å²) in [7, 11) is 0. The number of hydrogen-bond donors (Lipinski definition) is 0. The van der Waals surface area contributed by atoms with E-state index in [1.165, 1.54) is 0 Å². The lowest BCUT2D eigenvalue weighted by atomic mass is 9.88.